The van der Waals surface area contributed by atoms with E-state index in [1.54, 1.807) is 37.1 Å². The van der Waals surface area contributed by atoms with Crippen LogP contribution in [0.5, 0.6) is 0 Å². The molecule has 1 atom stereocenters. The molecule has 0 aliphatic rings. The van der Waals surface area contributed by atoms with E-state index in [2.05, 4.69) is 15.0 Å². The van der Waals surface area contributed by atoms with Crippen LogP contribution in [0.4, 0.5) is 0 Å². The van der Waals surface area contributed by atoms with Crippen LogP contribution in [0.15, 0.2) is 37.1 Å². The number of hydrogen-bond donors (Lipinski definition) is 2. The molecule has 0 radical (unpaired) electrons. The van der Waals surface area contributed by atoms with Gasteiger partial charge in [0.05, 0.1) is 18.2 Å². The van der Waals surface area contributed by atoms with Gasteiger partial charge in [-0.3, -0.25) is 4.98 Å². The standard InChI is InChI=1S/C9H9N3O/c13-9(8-5-11-6-12-8)7-1-3-10-4-2-7/h1-6,9,13H,(H,11,12)/t9-/m0/s1. The van der Waals surface area contributed by atoms with Gasteiger partial charge in [0.2, 0.25) is 0 Å². The number of nitrogens with zero attached hydrogens (tertiary/aromatic N) is 2. The lowest BCUT2D eigenvalue weighted by atomic mass is 10.1. The Balaban J connectivity index is 2.29. The molecular weight excluding hydrogens is 166 g/mol. The summed E-state index contributed by atoms with van der Waals surface area (Å²) in [5, 5.41) is 9.78. The van der Waals surface area contributed by atoms with E-state index < -0.39 is 6.10 Å². The van der Waals surface area contributed by atoms with Gasteiger partial charge in [-0.2, -0.15) is 0 Å². The fraction of sp³-hybridized carbons (Fsp3) is 0.111. The molecule has 2 aromatic rings. The van der Waals surface area contributed by atoms with E-state index in [1.807, 2.05) is 0 Å². The van der Waals surface area contributed by atoms with Gasteiger partial charge in [-0.25, -0.2) is 4.98 Å². The maximum atomic E-state index is 9.78. The number of H-pyrrole nitrogens is 1. The molecule has 0 spiro atoms. The highest BCUT2D eigenvalue weighted by Crippen LogP contribution is 2.17. The SMILES string of the molecule is O[C@@H](c1ccncc1)c1cnc[nH]1. The Morgan fingerprint density at radius 3 is 2.62 bits per heavy atom. The first-order chi connectivity index (χ1) is 6.38. The summed E-state index contributed by atoms with van der Waals surface area (Å²) in [7, 11) is 0. The van der Waals surface area contributed by atoms with E-state index in [0.717, 1.165) is 5.56 Å². The number of imidazole rings is 1. The van der Waals surface area contributed by atoms with Crippen molar-refractivity contribution in [3.8, 4) is 0 Å². The van der Waals surface area contributed by atoms with Gasteiger partial charge in [0.15, 0.2) is 0 Å². The predicted molar refractivity (Wildman–Crippen MR) is 46.9 cm³/mol. The fourth-order valence-corrected chi connectivity index (χ4v) is 1.14. The van der Waals surface area contributed by atoms with Gasteiger partial charge in [0.25, 0.3) is 0 Å². The summed E-state index contributed by atoms with van der Waals surface area (Å²) in [5.74, 6) is 0. The summed E-state index contributed by atoms with van der Waals surface area (Å²) in [5.41, 5.74) is 1.49. The third-order valence-corrected chi connectivity index (χ3v) is 1.84. The zero-order valence-electron chi connectivity index (χ0n) is 6.88. The Hall–Kier alpha value is -1.68. The minimum Gasteiger partial charge on any atom is -0.382 e. The minimum absolute atomic E-state index is 0.648. The minimum atomic E-state index is -0.648. The maximum Gasteiger partial charge on any atom is 0.120 e. The molecule has 0 bridgehead atoms. The Morgan fingerprint density at radius 2 is 2.00 bits per heavy atom. The van der Waals surface area contributed by atoms with E-state index in [9.17, 15) is 5.11 Å². The quantitative estimate of drug-likeness (QED) is 0.712. The van der Waals surface area contributed by atoms with E-state index >= 15 is 0 Å². The first-order valence-electron chi connectivity index (χ1n) is 3.94. The van der Waals surface area contributed by atoms with Gasteiger partial charge in [0, 0.05) is 12.4 Å². The molecule has 0 unspecified atom stereocenters. The fourth-order valence-electron chi connectivity index (χ4n) is 1.14. The number of aromatic nitrogens is 3. The van der Waals surface area contributed by atoms with E-state index in [4.69, 9.17) is 0 Å². The second-order valence-electron chi connectivity index (χ2n) is 2.69. The first-order valence-corrected chi connectivity index (χ1v) is 3.94. The Bertz CT molecular complexity index is 358. The van der Waals surface area contributed by atoms with Crippen molar-refractivity contribution in [1.29, 1.82) is 0 Å². The van der Waals surface area contributed by atoms with E-state index in [-0.39, 0.29) is 0 Å². The van der Waals surface area contributed by atoms with Crippen molar-refractivity contribution in [2.45, 2.75) is 6.10 Å². The van der Waals surface area contributed by atoms with Gasteiger partial charge in [-0.1, -0.05) is 0 Å². The molecule has 66 valence electrons. The molecule has 2 heterocycles. The summed E-state index contributed by atoms with van der Waals surface area (Å²) < 4.78 is 0. The van der Waals surface area contributed by atoms with Crippen molar-refractivity contribution in [2.24, 2.45) is 0 Å². The van der Waals surface area contributed by atoms with Crippen molar-refractivity contribution in [2.75, 3.05) is 0 Å². The average Bonchev–Trinajstić information content (AvgIpc) is 2.71. The van der Waals surface area contributed by atoms with Gasteiger partial charge >= 0.3 is 0 Å². The lowest BCUT2D eigenvalue weighted by Gasteiger charge is -2.07. The number of rotatable bonds is 2. The van der Waals surface area contributed by atoms with Gasteiger partial charge < -0.3 is 10.1 Å². The number of hydrogen-bond acceptors (Lipinski definition) is 3. The van der Waals surface area contributed by atoms with E-state index in [0.29, 0.717) is 5.69 Å². The third kappa shape index (κ3) is 1.57. The summed E-state index contributed by atoms with van der Waals surface area (Å²) >= 11 is 0. The smallest absolute Gasteiger partial charge is 0.120 e. The van der Waals surface area contributed by atoms with Gasteiger partial charge in [0.1, 0.15) is 6.10 Å². The van der Waals surface area contributed by atoms with Crippen molar-refractivity contribution in [3.63, 3.8) is 0 Å². The number of aliphatic hydroxyl groups is 1. The summed E-state index contributed by atoms with van der Waals surface area (Å²) in [4.78, 5) is 10.6. The molecular formula is C9H9N3O. The molecule has 0 aliphatic heterocycles. The van der Waals surface area contributed by atoms with Crippen LogP contribution in [-0.2, 0) is 0 Å². The number of pyridine rings is 1. The van der Waals surface area contributed by atoms with Crippen molar-refractivity contribution >= 4 is 0 Å². The number of aliphatic hydroxyl groups excluding tert-OH is 1. The van der Waals surface area contributed by atoms with E-state index in [1.165, 1.54) is 0 Å². The summed E-state index contributed by atoms with van der Waals surface area (Å²) in [6.45, 7) is 0. The van der Waals surface area contributed by atoms with Crippen molar-refractivity contribution in [1.82, 2.24) is 15.0 Å². The first kappa shape index (κ1) is 7.94. The number of aromatic amines is 1. The second kappa shape index (κ2) is 3.37. The summed E-state index contributed by atoms with van der Waals surface area (Å²) in [6.07, 6.45) is 5.79. The molecule has 0 saturated heterocycles. The Labute approximate surface area is 75.3 Å². The molecule has 0 aliphatic carbocycles. The molecule has 0 amide bonds. The second-order valence-corrected chi connectivity index (χ2v) is 2.69. The van der Waals surface area contributed by atoms with Crippen LogP contribution in [0.25, 0.3) is 0 Å². The van der Waals surface area contributed by atoms with Gasteiger partial charge in [-0.15, -0.1) is 0 Å². The van der Waals surface area contributed by atoms with Crippen LogP contribution in [0.2, 0.25) is 0 Å². The molecule has 2 aromatic heterocycles. The third-order valence-electron chi connectivity index (χ3n) is 1.84. The molecule has 13 heavy (non-hydrogen) atoms. The monoisotopic (exact) mass is 175 g/mol. The molecule has 4 nitrogen and oxygen atoms in total. The summed E-state index contributed by atoms with van der Waals surface area (Å²) in [6, 6.07) is 3.54. The zero-order chi connectivity index (χ0) is 9.10. The molecule has 4 heteroatoms. The molecule has 0 fully saturated rings. The largest absolute Gasteiger partial charge is 0.382 e. The molecule has 0 saturated carbocycles. The van der Waals surface area contributed by atoms with Crippen molar-refractivity contribution in [3.05, 3.63) is 48.3 Å². The van der Waals surface area contributed by atoms with Crippen LogP contribution >= 0.6 is 0 Å². The highest BCUT2D eigenvalue weighted by molar-refractivity contribution is 5.21. The zero-order valence-corrected chi connectivity index (χ0v) is 6.88. The molecule has 0 aromatic carbocycles. The van der Waals surface area contributed by atoms with Crippen LogP contribution in [0.1, 0.15) is 17.4 Å². The van der Waals surface area contributed by atoms with Gasteiger partial charge in [-0.05, 0) is 17.7 Å². The maximum absolute atomic E-state index is 9.78. The Morgan fingerprint density at radius 1 is 1.23 bits per heavy atom. The Kier molecular flexibility index (Phi) is 2.06. The lowest BCUT2D eigenvalue weighted by molar-refractivity contribution is 0.216. The van der Waals surface area contributed by atoms with Crippen LogP contribution in [0.3, 0.4) is 0 Å². The average molecular weight is 175 g/mol. The lowest BCUT2D eigenvalue weighted by Crippen LogP contribution is -1.99. The van der Waals surface area contributed by atoms with Crippen LogP contribution in [0, 0.1) is 0 Å². The molecule has 2 rings (SSSR count). The topological polar surface area (TPSA) is 61.8 Å². The highest BCUT2D eigenvalue weighted by Gasteiger charge is 2.10. The predicted octanol–water partition coefficient (Wildman–Crippen LogP) is 0.886. The van der Waals surface area contributed by atoms with Crippen LogP contribution < -0.4 is 0 Å². The normalized spacial score (nSPS) is 12.7. The highest BCUT2D eigenvalue weighted by atomic mass is 16.3. The van der Waals surface area contributed by atoms with Crippen molar-refractivity contribution < 1.29 is 5.11 Å². The number of nitrogens with one attached hydrogen (secondary N) is 1. The van der Waals surface area contributed by atoms with Crippen LogP contribution in [-0.4, -0.2) is 20.1 Å². The molecule has 2 N–H and O–H groups in total.